The first-order valence-corrected chi connectivity index (χ1v) is 6.41. The molecule has 0 aliphatic heterocycles. The van der Waals surface area contributed by atoms with Gasteiger partial charge in [-0.3, -0.25) is 0 Å². The number of halogens is 1. The Morgan fingerprint density at radius 2 is 1.80 bits per heavy atom. The van der Waals surface area contributed by atoms with E-state index in [9.17, 15) is 0 Å². The van der Waals surface area contributed by atoms with Crippen molar-refractivity contribution in [3.63, 3.8) is 0 Å². The molecule has 0 atom stereocenters. The second kappa shape index (κ2) is 5.84. The van der Waals surface area contributed by atoms with Gasteiger partial charge >= 0.3 is 0 Å². The van der Waals surface area contributed by atoms with E-state index in [0.717, 1.165) is 11.1 Å². The Morgan fingerprint density at radius 3 is 2.40 bits per heavy atom. The Hall–Kier alpha value is -2.20. The predicted molar refractivity (Wildman–Crippen MR) is 80.0 cm³/mol. The Morgan fingerprint density at radius 1 is 1.15 bits per heavy atom. The summed E-state index contributed by atoms with van der Waals surface area (Å²) >= 11 is 5.97. The van der Waals surface area contributed by atoms with Crippen LogP contribution in [0.4, 0.5) is 0 Å². The number of nitrogens with two attached hydrogens (primary N) is 1. The Labute approximate surface area is 122 Å². The molecule has 2 aromatic carbocycles. The van der Waals surface area contributed by atoms with Crippen molar-refractivity contribution >= 4 is 17.4 Å². The van der Waals surface area contributed by atoms with Crippen LogP contribution >= 0.6 is 11.6 Å². The number of oxime groups is 1. The molecule has 0 saturated heterocycles. The fourth-order valence-electron chi connectivity index (χ4n) is 1.96. The number of rotatable bonds is 3. The second-order valence-electron chi connectivity index (χ2n) is 4.55. The maximum atomic E-state index is 8.81. The van der Waals surface area contributed by atoms with Crippen LogP contribution in [-0.2, 0) is 0 Å². The van der Waals surface area contributed by atoms with E-state index in [1.165, 1.54) is 0 Å². The Kier molecular flexibility index (Phi) is 4.15. The average molecular weight is 291 g/mol. The van der Waals surface area contributed by atoms with E-state index in [2.05, 4.69) is 11.2 Å². The highest BCUT2D eigenvalue weighted by Gasteiger charge is 2.10. The molecule has 0 aliphatic rings. The van der Waals surface area contributed by atoms with E-state index in [1.807, 2.05) is 26.0 Å². The molecule has 0 aliphatic carbocycles. The molecule has 0 radical (unpaired) electrons. The first-order chi connectivity index (χ1) is 9.49. The van der Waals surface area contributed by atoms with Gasteiger partial charge in [0.05, 0.1) is 5.56 Å². The summed E-state index contributed by atoms with van der Waals surface area (Å²) in [6.07, 6.45) is 0. The van der Waals surface area contributed by atoms with E-state index in [4.69, 9.17) is 27.3 Å². The molecule has 3 N–H and O–H groups in total. The van der Waals surface area contributed by atoms with Gasteiger partial charge in [-0.1, -0.05) is 22.8 Å². The van der Waals surface area contributed by atoms with Gasteiger partial charge in [-0.25, -0.2) is 0 Å². The summed E-state index contributed by atoms with van der Waals surface area (Å²) in [5.74, 6) is 1.09. The van der Waals surface area contributed by atoms with Crippen LogP contribution in [0.5, 0.6) is 11.5 Å². The van der Waals surface area contributed by atoms with Gasteiger partial charge in [-0.15, -0.1) is 0 Å². The summed E-state index contributed by atoms with van der Waals surface area (Å²) < 4.78 is 5.82. The molecule has 20 heavy (non-hydrogen) atoms. The second-order valence-corrected chi connectivity index (χ2v) is 4.99. The minimum Gasteiger partial charge on any atom is -0.457 e. The van der Waals surface area contributed by atoms with Crippen LogP contribution in [0.3, 0.4) is 0 Å². The zero-order valence-electron chi connectivity index (χ0n) is 11.2. The molecule has 0 unspecified atom stereocenters. The van der Waals surface area contributed by atoms with Crippen LogP contribution in [-0.4, -0.2) is 11.0 Å². The van der Waals surface area contributed by atoms with Crippen molar-refractivity contribution in [2.45, 2.75) is 13.8 Å². The third-order valence-corrected chi connectivity index (χ3v) is 2.99. The van der Waals surface area contributed by atoms with Crippen LogP contribution < -0.4 is 10.5 Å². The smallest absolute Gasteiger partial charge is 0.173 e. The van der Waals surface area contributed by atoms with Crippen molar-refractivity contribution in [2.75, 3.05) is 0 Å². The third kappa shape index (κ3) is 3.22. The van der Waals surface area contributed by atoms with E-state index < -0.39 is 0 Å². The maximum Gasteiger partial charge on any atom is 0.173 e. The summed E-state index contributed by atoms with van der Waals surface area (Å²) in [7, 11) is 0. The van der Waals surface area contributed by atoms with Crippen LogP contribution in [0.1, 0.15) is 16.7 Å². The number of hydrogen-bond donors (Lipinski definition) is 2. The van der Waals surface area contributed by atoms with Crippen molar-refractivity contribution in [3.05, 3.63) is 58.1 Å². The third-order valence-electron chi connectivity index (χ3n) is 2.75. The van der Waals surface area contributed by atoms with Crippen molar-refractivity contribution in [3.8, 4) is 11.5 Å². The molecule has 2 rings (SSSR count). The van der Waals surface area contributed by atoms with E-state index >= 15 is 0 Å². The average Bonchev–Trinajstić information content (AvgIpc) is 2.37. The molecular formula is C15H15ClN2O2. The normalized spacial score (nSPS) is 11.4. The lowest BCUT2D eigenvalue weighted by molar-refractivity contribution is 0.318. The van der Waals surface area contributed by atoms with Crippen LogP contribution in [0.15, 0.2) is 41.6 Å². The summed E-state index contributed by atoms with van der Waals surface area (Å²) in [6.45, 7) is 3.98. The Bertz CT molecular complexity index is 649. The molecule has 0 saturated carbocycles. The summed E-state index contributed by atoms with van der Waals surface area (Å²) in [5.41, 5.74) is 8.30. The van der Waals surface area contributed by atoms with Gasteiger partial charge in [-0.05, 0) is 49.2 Å². The van der Waals surface area contributed by atoms with Gasteiger partial charge in [0.15, 0.2) is 5.84 Å². The molecule has 0 fully saturated rings. The van der Waals surface area contributed by atoms with Gasteiger partial charge in [0.25, 0.3) is 0 Å². The van der Waals surface area contributed by atoms with Crippen molar-refractivity contribution in [2.24, 2.45) is 10.9 Å². The molecule has 5 heteroatoms. The largest absolute Gasteiger partial charge is 0.457 e. The lowest BCUT2D eigenvalue weighted by Gasteiger charge is -2.12. The standard InChI is InChI=1S/C15H15ClN2O2/c1-9-5-10(2)7-12(6-9)20-14-8-11(16)3-4-13(14)15(17)18-19/h3-8,19H,1-2H3,(H2,17,18). The molecule has 4 nitrogen and oxygen atoms in total. The van der Waals surface area contributed by atoms with E-state index in [0.29, 0.717) is 22.1 Å². The Balaban J connectivity index is 2.44. The molecule has 0 amide bonds. The van der Waals surface area contributed by atoms with Gasteiger partial charge in [0.2, 0.25) is 0 Å². The molecule has 2 aromatic rings. The zero-order valence-corrected chi connectivity index (χ0v) is 12.0. The predicted octanol–water partition coefficient (Wildman–Crippen LogP) is 3.84. The van der Waals surface area contributed by atoms with Gasteiger partial charge in [0.1, 0.15) is 11.5 Å². The first kappa shape index (κ1) is 14.2. The highest BCUT2D eigenvalue weighted by Crippen LogP contribution is 2.29. The lowest BCUT2D eigenvalue weighted by atomic mass is 10.1. The minimum atomic E-state index is -0.0268. The number of nitrogens with zero attached hydrogens (tertiary/aromatic N) is 1. The van der Waals surface area contributed by atoms with Gasteiger partial charge < -0.3 is 15.7 Å². The quantitative estimate of drug-likeness (QED) is 0.390. The molecule has 0 bridgehead atoms. The molecule has 104 valence electrons. The van der Waals surface area contributed by atoms with E-state index in [1.54, 1.807) is 18.2 Å². The topological polar surface area (TPSA) is 67.8 Å². The summed E-state index contributed by atoms with van der Waals surface area (Å²) in [4.78, 5) is 0. The molecule has 0 heterocycles. The number of benzene rings is 2. The molecule has 0 aromatic heterocycles. The fourth-order valence-corrected chi connectivity index (χ4v) is 2.13. The minimum absolute atomic E-state index is 0.0268. The number of amidine groups is 1. The van der Waals surface area contributed by atoms with Gasteiger partial charge in [0, 0.05) is 11.1 Å². The van der Waals surface area contributed by atoms with Gasteiger partial charge in [-0.2, -0.15) is 0 Å². The molecule has 0 spiro atoms. The van der Waals surface area contributed by atoms with Crippen molar-refractivity contribution < 1.29 is 9.94 Å². The number of ether oxygens (including phenoxy) is 1. The number of aryl methyl sites for hydroxylation is 2. The maximum absolute atomic E-state index is 8.81. The highest BCUT2D eigenvalue weighted by atomic mass is 35.5. The number of hydrogen-bond acceptors (Lipinski definition) is 3. The van der Waals surface area contributed by atoms with Crippen molar-refractivity contribution in [1.82, 2.24) is 0 Å². The SMILES string of the molecule is Cc1cc(C)cc(Oc2cc(Cl)ccc2C(N)=NO)c1. The monoisotopic (exact) mass is 290 g/mol. The lowest BCUT2D eigenvalue weighted by Crippen LogP contribution is -2.14. The van der Waals surface area contributed by atoms with Crippen LogP contribution in [0, 0.1) is 13.8 Å². The van der Waals surface area contributed by atoms with Crippen LogP contribution in [0.25, 0.3) is 0 Å². The first-order valence-electron chi connectivity index (χ1n) is 6.03. The highest BCUT2D eigenvalue weighted by molar-refractivity contribution is 6.30. The summed E-state index contributed by atoms with van der Waals surface area (Å²) in [5, 5.41) is 12.3. The molecular weight excluding hydrogens is 276 g/mol. The van der Waals surface area contributed by atoms with E-state index in [-0.39, 0.29) is 5.84 Å². The van der Waals surface area contributed by atoms with Crippen LogP contribution in [0.2, 0.25) is 5.02 Å². The summed E-state index contributed by atoms with van der Waals surface area (Å²) in [6, 6.07) is 10.8. The zero-order chi connectivity index (χ0) is 14.7. The fraction of sp³-hybridized carbons (Fsp3) is 0.133. The van der Waals surface area contributed by atoms with Crippen molar-refractivity contribution in [1.29, 1.82) is 0 Å².